The average molecular weight is 395 g/mol. The van der Waals surface area contributed by atoms with Crippen molar-refractivity contribution in [2.45, 2.75) is 26.2 Å². The maximum Gasteiger partial charge on any atom is 0.354 e. The Balaban J connectivity index is 1.75. The molecule has 1 aromatic heterocycles. The van der Waals surface area contributed by atoms with Crippen LogP contribution in [0.4, 0.5) is 11.5 Å². The molecule has 1 aliphatic carbocycles. The minimum atomic E-state index is -1.13. The molecule has 3 N–H and O–H groups in total. The van der Waals surface area contributed by atoms with Gasteiger partial charge in [0.1, 0.15) is 11.6 Å². The van der Waals surface area contributed by atoms with Crippen LogP contribution in [0.1, 0.15) is 42.2 Å². The molecule has 152 valence electrons. The first-order chi connectivity index (χ1) is 14.0. The molecular weight excluding hydrogens is 370 g/mol. The van der Waals surface area contributed by atoms with E-state index in [-0.39, 0.29) is 17.0 Å². The van der Waals surface area contributed by atoms with Crippen LogP contribution in [0, 0.1) is 16.7 Å². The summed E-state index contributed by atoms with van der Waals surface area (Å²) < 4.78 is 11.4. The van der Waals surface area contributed by atoms with Crippen LogP contribution in [-0.4, -0.2) is 41.6 Å². The second-order valence-corrected chi connectivity index (χ2v) is 8.16. The summed E-state index contributed by atoms with van der Waals surface area (Å²) in [4.78, 5) is 16.0. The van der Waals surface area contributed by atoms with Crippen LogP contribution in [0.25, 0.3) is 0 Å². The van der Waals surface area contributed by atoms with Crippen LogP contribution < -0.4 is 10.1 Å². The molecule has 2 heterocycles. The van der Waals surface area contributed by atoms with Gasteiger partial charge in [0.25, 0.3) is 0 Å². The number of anilines is 2. The fourth-order valence-corrected chi connectivity index (χ4v) is 3.44. The van der Waals surface area contributed by atoms with Crippen molar-refractivity contribution in [2.24, 2.45) is 11.3 Å². The van der Waals surface area contributed by atoms with Crippen molar-refractivity contribution in [3.8, 4) is 5.75 Å². The highest BCUT2D eigenvalue weighted by Gasteiger charge is 2.35. The molecule has 7 heteroatoms. The summed E-state index contributed by atoms with van der Waals surface area (Å²) in [6, 6.07) is 10.9. The first kappa shape index (κ1) is 19.4. The zero-order valence-corrected chi connectivity index (χ0v) is 16.4. The third-order valence-electron chi connectivity index (χ3n) is 5.50. The molecule has 2 aliphatic rings. The Morgan fingerprint density at radius 3 is 2.62 bits per heavy atom. The highest BCUT2D eigenvalue weighted by molar-refractivity contribution is 6.07. The number of hydrogen-bond donors (Lipinski definition) is 3. The second kappa shape index (κ2) is 7.83. The van der Waals surface area contributed by atoms with Crippen molar-refractivity contribution in [2.75, 3.05) is 25.1 Å². The van der Waals surface area contributed by atoms with Gasteiger partial charge in [-0.25, -0.2) is 9.78 Å². The number of benzene rings is 1. The molecule has 1 aromatic carbocycles. The predicted molar refractivity (Wildman–Crippen MR) is 110 cm³/mol. The number of hydrogen-bond acceptors (Lipinski definition) is 6. The summed E-state index contributed by atoms with van der Waals surface area (Å²) in [5.41, 5.74) is 1.56. The number of carbonyl (C=O) groups is 1. The molecular formula is C22H25N3O4. The van der Waals surface area contributed by atoms with E-state index in [4.69, 9.17) is 14.9 Å². The number of nitrogens with zero attached hydrogens (tertiary/aromatic N) is 1. The normalized spacial score (nSPS) is 17.7. The van der Waals surface area contributed by atoms with Crippen LogP contribution in [0.2, 0.25) is 0 Å². The molecule has 0 radical (unpaired) electrons. The van der Waals surface area contributed by atoms with E-state index < -0.39 is 5.97 Å². The van der Waals surface area contributed by atoms with E-state index in [1.807, 2.05) is 30.3 Å². The first-order valence-corrected chi connectivity index (χ1v) is 9.85. The molecule has 0 atom stereocenters. The summed E-state index contributed by atoms with van der Waals surface area (Å²) in [5, 5.41) is 21.5. The lowest BCUT2D eigenvalue weighted by Crippen LogP contribution is -2.44. The number of nitrogens with one attached hydrogen (secondary N) is 2. The molecule has 0 spiro atoms. The third-order valence-corrected chi connectivity index (χ3v) is 5.50. The van der Waals surface area contributed by atoms with E-state index in [0.717, 1.165) is 24.9 Å². The predicted octanol–water partition coefficient (Wildman–Crippen LogP) is 4.11. The molecule has 1 saturated carbocycles. The minimum Gasteiger partial charge on any atom is -0.492 e. The Hall–Kier alpha value is -2.93. The summed E-state index contributed by atoms with van der Waals surface area (Å²) >= 11 is 0. The SMILES string of the molecule is CC1(COc2cc(C(=O)O)nc(Nc3ccccc3)c2C(=N)C2CCC2)COC1. The number of para-hydroxylation sites is 1. The van der Waals surface area contributed by atoms with Crippen molar-refractivity contribution in [3.63, 3.8) is 0 Å². The molecule has 2 fully saturated rings. The smallest absolute Gasteiger partial charge is 0.354 e. The Morgan fingerprint density at radius 2 is 2.07 bits per heavy atom. The van der Waals surface area contributed by atoms with Crippen molar-refractivity contribution < 1.29 is 19.4 Å². The van der Waals surface area contributed by atoms with E-state index in [9.17, 15) is 9.90 Å². The summed E-state index contributed by atoms with van der Waals surface area (Å²) in [6.45, 7) is 3.67. The molecule has 0 amide bonds. The van der Waals surface area contributed by atoms with Gasteiger partial charge in [-0.3, -0.25) is 0 Å². The lowest BCUT2D eigenvalue weighted by molar-refractivity contribution is -0.120. The van der Waals surface area contributed by atoms with Crippen molar-refractivity contribution in [1.82, 2.24) is 4.98 Å². The number of pyridine rings is 1. The Kier molecular flexibility index (Phi) is 5.24. The van der Waals surface area contributed by atoms with Crippen LogP contribution >= 0.6 is 0 Å². The average Bonchev–Trinajstić information content (AvgIpc) is 2.63. The summed E-state index contributed by atoms with van der Waals surface area (Å²) in [5.74, 6) is -0.251. The Bertz CT molecular complexity index is 921. The monoisotopic (exact) mass is 395 g/mol. The van der Waals surface area contributed by atoms with Crippen LogP contribution in [-0.2, 0) is 4.74 Å². The van der Waals surface area contributed by atoms with Crippen molar-refractivity contribution >= 4 is 23.2 Å². The number of ether oxygens (including phenoxy) is 2. The fourth-order valence-electron chi connectivity index (χ4n) is 3.44. The van der Waals surface area contributed by atoms with Gasteiger partial charge in [-0.15, -0.1) is 0 Å². The second-order valence-electron chi connectivity index (χ2n) is 8.16. The third kappa shape index (κ3) is 4.10. The lowest BCUT2D eigenvalue weighted by atomic mass is 9.79. The van der Waals surface area contributed by atoms with Crippen LogP contribution in [0.15, 0.2) is 36.4 Å². The van der Waals surface area contributed by atoms with E-state index in [0.29, 0.717) is 42.7 Å². The molecule has 29 heavy (non-hydrogen) atoms. The Morgan fingerprint density at radius 1 is 1.34 bits per heavy atom. The van der Waals surface area contributed by atoms with E-state index >= 15 is 0 Å². The van der Waals surface area contributed by atoms with Gasteiger partial charge in [0.15, 0.2) is 5.69 Å². The summed E-state index contributed by atoms with van der Waals surface area (Å²) in [6.07, 6.45) is 3.01. The molecule has 7 nitrogen and oxygen atoms in total. The van der Waals surface area contributed by atoms with Gasteiger partial charge in [0.2, 0.25) is 0 Å². The van der Waals surface area contributed by atoms with Gasteiger partial charge >= 0.3 is 5.97 Å². The zero-order chi connectivity index (χ0) is 20.4. The largest absolute Gasteiger partial charge is 0.492 e. The van der Waals surface area contributed by atoms with Crippen molar-refractivity contribution in [3.05, 3.63) is 47.7 Å². The zero-order valence-electron chi connectivity index (χ0n) is 16.4. The highest BCUT2D eigenvalue weighted by Crippen LogP contribution is 2.38. The highest BCUT2D eigenvalue weighted by atomic mass is 16.5. The number of aromatic nitrogens is 1. The van der Waals surface area contributed by atoms with Gasteiger partial charge in [-0.2, -0.15) is 0 Å². The fraction of sp³-hybridized carbons (Fsp3) is 0.409. The van der Waals surface area contributed by atoms with Gasteiger partial charge in [0, 0.05) is 28.8 Å². The first-order valence-electron chi connectivity index (χ1n) is 9.85. The van der Waals surface area contributed by atoms with Crippen LogP contribution in [0.3, 0.4) is 0 Å². The number of carboxylic acid groups (broad SMARTS) is 1. The number of carboxylic acids is 1. The quantitative estimate of drug-likeness (QED) is 0.581. The lowest BCUT2D eigenvalue weighted by Gasteiger charge is -2.38. The topological polar surface area (TPSA) is 105 Å². The standard InChI is InChI=1S/C22H25N3O4/c1-22(11-28-12-22)13-29-17-10-16(21(26)27)25-20(24-15-8-3-2-4-9-15)18(17)19(23)14-6-5-7-14/h2-4,8-10,14,23H,5-7,11-13H2,1H3,(H,24,25)(H,26,27). The van der Waals surface area contributed by atoms with Gasteiger partial charge < -0.3 is 25.3 Å². The van der Waals surface area contributed by atoms with Crippen molar-refractivity contribution in [1.29, 1.82) is 5.41 Å². The molecule has 4 rings (SSSR count). The molecule has 0 bridgehead atoms. The van der Waals surface area contributed by atoms with E-state index in [1.54, 1.807) is 0 Å². The van der Waals surface area contributed by atoms with Gasteiger partial charge in [-0.05, 0) is 25.0 Å². The molecule has 1 saturated heterocycles. The molecule has 2 aromatic rings. The maximum absolute atomic E-state index is 11.7. The molecule has 0 unspecified atom stereocenters. The Labute approximate surface area is 169 Å². The van der Waals surface area contributed by atoms with Gasteiger partial charge in [-0.1, -0.05) is 31.5 Å². The minimum absolute atomic E-state index is 0.102. The molecule has 1 aliphatic heterocycles. The maximum atomic E-state index is 11.7. The number of aromatic carboxylic acids is 1. The summed E-state index contributed by atoms with van der Waals surface area (Å²) in [7, 11) is 0. The van der Waals surface area contributed by atoms with Crippen LogP contribution in [0.5, 0.6) is 5.75 Å². The van der Waals surface area contributed by atoms with Gasteiger partial charge in [0.05, 0.1) is 25.4 Å². The number of rotatable bonds is 8. The van der Waals surface area contributed by atoms with E-state index in [2.05, 4.69) is 17.2 Å². The van der Waals surface area contributed by atoms with E-state index in [1.165, 1.54) is 6.07 Å².